The number of imidazole rings is 1. The fourth-order valence-corrected chi connectivity index (χ4v) is 5.87. The molecular formula is C28H35N7O4. The van der Waals surface area contributed by atoms with E-state index >= 15 is 0 Å². The Kier molecular flexibility index (Phi) is 6.03. The van der Waals surface area contributed by atoms with Crippen LogP contribution in [0.15, 0.2) is 43.1 Å². The largest absolute Gasteiger partial charge is 0.444 e. The number of carbonyl (C=O) groups excluding carboxylic acids is 1. The van der Waals surface area contributed by atoms with Crippen LogP contribution in [0.4, 0.5) is 16.4 Å². The first-order chi connectivity index (χ1) is 18.5. The molecule has 3 N–H and O–H groups in total. The summed E-state index contributed by atoms with van der Waals surface area (Å²) in [4.78, 5) is 25.3. The molecule has 1 saturated carbocycles. The van der Waals surface area contributed by atoms with Crippen LogP contribution in [0.5, 0.6) is 0 Å². The first kappa shape index (κ1) is 25.6. The summed E-state index contributed by atoms with van der Waals surface area (Å²) in [7, 11) is 0. The third kappa shape index (κ3) is 5.04. The van der Waals surface area contributed by atoms with Crippen molar-refractivity contribution in [2.75, 3.05) is 11.1 Å². The molecule has 1 aliphatic heterocycles. The Morgan fingerprint density at radius 2 is 2.00 bits per heavy atom. The van der Waals surface area contributed by atoms with Gasteiger partial charge in [-0.15, -0.1) is 0 Å². The molecule has 2 aliphatic rings. The van der Waals surface area contributed by atoms with E-state index in [2.05, 4.69) is 37.0 Å². The lowest BCUT2D eigenvalue weighted by molar-refractivity contribution is -0.160. The average molecular weight is 534 g/mol. The van der Waals surface area contributed by atoms with E-state index in [1.54, 1.807) is 6.20 Å². The molecule has 1 amide bonds. The highest BCUT2D eigenvalue weighted by Gasteiger charge is 2.54. The Hall–Kier alpha value is -3.70. The molecule has 0 spiro atoms. The summed E-state index contributed by atoms with van der Waals surface area (Å²) >= 11 is 0. The van der Waals surface area contributed by atoms with Crippen molar-refractivity contribution in [3.63, 3.8) is 0 Å². The molecule has 5 heterocycles. The number of rotatable bonds is 5. The van der Waals surface area contributed by atoms with E-state index in [0.29, 0.717) is 17.6 Å². The van der Waals surface area contributed by atoms with Crippen LogP contribution in [0, 0.1) is 5.92 Å². The number of aryl methyl sites for hydroxylation is 1. The molecule has 1 aliphatic carbocycles. The molecule has 4 aromatic heterocycles. The van der Waals surface area contributed by atoms with Crippen molar-refractivity contribution in [2.45, 2.75) is 83.5 Å². The van der Waals surface area contributed by atoms with Gasteiger partial charge in [-0.25, -0.2) is 19.7 Å². The molecule has 4 aromatic rings. The number of ether oxygens (including phenoxy) is 3. The zero-order valence-corrected chi connectivity index (χ0v) is 22.9. The van der Waals surface area contributed by atoms with Crippen molar-refractivity contribution < 1.29 is 19.0 Å². The van der Waals surface area contributed by atoms with Crippen molar-refractivity contribution in [2.24, 2.45) is 5.92 Å². The summed E-state index contributed by atoms with van der Waals surface area (Å²) in [5.41, 5.74) is 8.27. The van der Waals surface area contributed by atoms with Crippen LogP contribution in [-0.2, 0) is 20.6 Å². The normalized spacial score (nSPS) is 24.3. The van der Waals surface area contributed by atoms with Gasteiger partial charge >= 0.3 is 6.09 Å². The predicted molar refractivity (Wildman–Crippen MR) is 146 cm³/mol. The number of fused-ring (bicyclic) bond motifs is 3. The molecule has 39 heavy (non-hydrogen) atoms. The van der Waals surface area contributed by atoms with E-state index in [9.17, 15) is 4.79 Å². The minimum absolute atomic E-state index is 0.0126. The number of aromatic nitrogens is 5. The lowest BCUT2D eigenvalue weighted by Gasteiger charge is -2.24. The Morgan fingerprint density at radius 1 is 1.21 bits per heavy atom. The van der Waals surface area contributed by atoms with Gasteiger partial charge in [0.2, 0.25) is 0 Å². The van der Waals surface area contributed by atoms with E-state index in [1.807, 2.05) is 57.5 Å². The summed E-state index contributed by atoms with van der Waals surface area (Å²) in [6.45, 7) is 9.43. The standard InChI is InChI=1S/C28H35N7O4/c1-27(2,3)39-26(36)33-20-14-34-10-8-16(12-21(34)32-20)6-7-17-13-19(23-22(17)37-28(4,5)38-23)35-11-9-18-24(29)30-15-31-25(18)35/h8-12,14-15,17,19,22-23H,6-7,13H2,1-5H3,(H,33,36)(H2,29,30,31)/t17-,19+,22+,23-/m0/s1. The summed E-state index contributed by atoms with van der Waals surface area (Å²) < 4.78 is 22.2. The predicted octanol–water partition coefficient (Wildman–Crippen LogP) is 4.72. The van der Waals surface area contributed by atoms with E-state index in [4.69, 9.17) is 19.9 Å². The number of hydrogen-bond donors (Lipinski definition) is 2. The second kappa shape index (κ2) is 9.20. The fourth-order valence-electron chi connectivity index (χ4n) is 5.87. The van der Waals surface area contributed by atoms with Crippen LogP contribution >= 0.6 is 0 Å². The Morgan fingerprint density at radius 3 is 2.79 bits per heavy atom. The SMILES string of the molecule is CC(C)(C)OC(=O)Nc1cn2ccc(CC[C@H]3C[C@@H](n4ccc5c(N)ncnc54)[C@@H]4OC(C)(C)O[C@H]34)cc2n1. The molecule has 0 unspecified atom stereocenters. The zero-order chi connectivity index (χ0) is 27.5. The highest BCUT2D eigenvalue weighted by atomic mass is 16.8. The quantitative estimate of drug-likeness (QED) is 0.377. The van der Waals surface area contributed by atoms with Crippen molar-refractivity contribution in [3.8, 4) is 0 Å². The maximum Gasteiger partial charge on any atom is 0.413 e. The molecule has 0 aromatic carbocycles. The first-order valence-corrected chi connectivity index (χ1v) is 13.4. The molecule has 11 heteroatoms. The van der Waals surface area contributed by atoms with E-state index < -0.39 is 17.5 Å². The Labute approximate surface area is 226 Å². The van der Waals surface area contributed by atoms with Crippen LogP contribution in [0.3, 0.4) is 0 Å². The monoisotopic (exact) mass is 533 g/mol. The number of nitrogens with two attached hydrogens (primary N) is 1. The number of amides is 1. The summed E-state index contributed by atoms with van der Waals surface area (Å²) in [5.74, 6) is 0.589. The maximum absolute atomic E-state index is 12.1. The molecule has 6 rings (SSSR count). The van der Waals surface area contributed by atoms with Crippen LogP contribution in [0.25, 0.3) is 16.7 Å². The van der Waals surface area contributed by atoms with E-state index in [-0.39, 0.29) is 18.2 Å². The number of nitrogen functional groups attached to an aromatic ring is 1. The molecule has 1 saturated heterocycles. The van der Waals surface area contributed by atoms with Crippen molar-refractivity contribution >= 4 is 34.4 Å². The third-order valence-corrected chi connectivity index (χ3v) is 7.41. The number of anilines is 2. The van der Waals surface area contributed by atoms with Crippen molar-refractivity contribution in [1.82, 2.24) is 23.9 Å². The lowest BCUT2D eigenvalue weighted by atomic mass is 9.96. The maximum atomic E-state index is 12.1. The third-order valence-electron chi connectivity index (χ3n) is 7.41. The smallest absolute Gasteiger partial charge is 0.413 e. The second-order valence-corrected chi connectivity index (χ2v) is 11.9. The molecule has 0 radical (unpaired) electrons. The molecule has 206 valence electrons. The molecule has 11 nitrogen and oxygen atoms in total. The highest BCUT2D eigenvalue weighted by Crippen LogP contribution is 2.49. The molecule has 2 fully saturated rings. The number of carbonyl (C=O) groups is 1. The summed E-state index contributed by atoms with van der Waals surface area (Å²) in [6, 6.07) is 6.20. The minimum Gasteiger partial charge on any atom is -0.444 e. The lowest BCUT2D eigenvalue weighted by Crippen LogP contribution is -2.27. The number of nitrogens with one attached hydrogen (secondary N) is 1. The van der Waals surface area contributed by atoms with Gasteiger partial charge in [0.1, 0.15) is 35.1 Å². The number of hydrogen-bond acceptors (Lipinski definition) is 8. The number of pyridine rings is 1. The average Bonchev–Trinajstić information content (AvgIpc) is 3.57. The first-order valence-electron chi connectivity index (χ1n) is 13.4. The van der Waals surface area contributed by atoms with Crippen molar-refractivity contribution in [1.29, 1.82) is 0 Å². The second-order valence-electron chi connectivity index (χ2n) is 11.9. The number of nitrogens with zero attached hydrogens (tertiary/aromatic N) is 5. The Balaban J connectivity index is 1.18. The van der Waals surface area contributed by atoms with Gasteiger partial charge in [-0.3, -0.25) is 5.32 Å². The van der Waals surface area contributed by atoms with Gasteiger partial charge in [0, 0.05) is 12.4 Å². The van der Waals surface area contributed by atoms with Crippen molar-refractivity contribution in [3.05, 3.63) is 48.7 Å². The van der Waals surface area contributed by atoms with Gasteiger partial charge in [-0.2, -0.15) is 0 Å². The van der Waals surface area contributed by atoms with E-state index in [1.165, 1.54) is 11.9 Å². The van der Waals surface area contributed by atoms with Gasteiger partial charge in [-0.05, 0) is 83.6 Å². The van der Waals surface area contributed by atoms with Gasteiger partial charge in [0.05, 0.1) is 23.7 Å². The zero-order valence-electron chi connectivity index (χ0n) is 22.9. The summed E-state index contributed by atoms with van der Waals surface area (Å²) in [6.07, 6.45) is 9.38. The Bertz CT molecular complexity index is 1540. The topological polar surface area (TPSA) is 131 Å². The van der Waals surface area contributed by atoms with Gasteiger partial charge in [-0.1, -0.05) is 0 Å². The van der Waals surface area contributed by atoms with Crippen LogP contribution in [0.2, 0.25) is 0 Å². The fraction of sp³-hybridized carbons (Fsp3) is 0.500. The molecular weight excluding hydrogens is 498 g/mol. The summed E-state index contributed by atoms with van der Waals surface area (Å²) in [5, 5.41) is 3.56. The van der Waals surface area contributed by atoms with E-state index in [0.717, 1.165) is 35.9 Å². The van der Waals surface area contributed by atoms with Crippen LogP contribution < -0.4 is 11.1 Å². The van der Waals surface area contributed by atoms with Crippen LogP contribution in [-0.4, -0.2) is 53.6 Å². The van der Waals surface area contributed by atoms with Crippen LogP contribution in [0.1, 0.15) is 59.1 Å². The van der Waals surface area contributed by atoms with Gasteiger partial charge < -0.3 is 28.9 Å². The molecule has 4 atom stereocenters. The highest BCUT2D eigenvalue weighted by molar-refractivity contribution is 5.86. The molecule has 0 bridgehead atoms. The van der Waals surface area contributed by atoms with Gasteiger partial charge in [0.25, 0.3) is 0 Å². The minimum atomic E-state index is -0.643. The van der Waals surface area contributed by atoms with Gasteiger partial charge in [0.15, 0.2) is 11.6 Å².